The number of hydrogen-bond acceptors (Lipinski definition) is 4. The number of morpholine rings is 1. The number of fused-ring (bicyclic) bond motifs is 1. The van der Waals surface area contributed by atoms with Crippen LogP contribution in [0.2, 0.25) is 0 Å². The molecule has 33 heavy (non-hydrogen) atoms. The number of guanidine groups is 1. The lowest BCUT2D eigenvalue weighted by Gasteiger charge is -2.29. The lowest BCUT2D eigenvalue weighted by Crippen LogP contribution is -2.42. The van der Waals surface area contributed by atoms with E-state index in [0.29, 0.717) is 44.5 Å². The van der Waals surface area contributed by atoms with Crippen molar-refractivity contribution >= 4 is 35.6 Å². The molecule has 6 nitrogen and oxygen atoms in total. The molecule has 1 unspecified atom stereocenters. The number of aliphatic imine (C=N–C) groups is 1. The molecule has 0 saturated carbocycles. The number of rotatable bonds is 5. The number of nitrogens with zero attached hydrogens (tertiary/aromatic N) is 2. The zero-order valence-electron chi connectivity index (χ0n) is 18.3. The number of para-hydroxylation sites is 1. The molecule has 180 valence electrons. The lowest BCUT2D eigenvalue weighted by molar-refractivity contribution is -0.138. The Hall–Kier alpha value is -2.21. The van der Waals surface area contributed by atoms with Crippen LogP contribution in [0.1, 0.15) is 16.7 Å². The number of halogens is 4. The summed E-state index contributed by atoms with van der Waals surface area (Å²) >= 11 is 0. The largest absolute Gasteiger partial charge is 0.488 e. The predicted octanol–water partition coefficient (Wildman–Crippen LogP) is 3.83. The van der Waals surface area contributed by atoms with E-state index in [1.54, 1.807) is 13.1 Å². The zero-order valence-corrected chi connectivity index (χ0v) is 20.7. The molecular formula is C23H28F3IN4O2. The van der Waals surface area contributed by atoms with Gasteiger partial charge in [0.1, 0.15) is 11.9 Å². The first kappa shape index (κ1) is 25.4. The van der Waals surface area contributed by atoms with Gasteiger partial charge in [-0.2, -0.15) is 13.2 Å². The Morgan fingerprint density at radius 2 is 1.88 bits per heavy atom. The lowest BCUT2D eigenvalue weighted by atomic mass is 10.0. The summed E-state index contributed by atoms with van der Waals surface area (Å²) in [5, 5.41) is 6.14. The Morgan fingerprint density at radius 1 is 1.12 bits per heavy atom. The Labute approximate surface area is 208 Å². The topological polar surface area (TPSA) is 58.1 Å². The van der Waals surface area contributed by atoms with E-state index in [-0.39, 0.29) is 42.2 Å². The van der Waals surface area contributed by atoms with Crippen molar-refractivity contribution in [1.29, 1.82) is 0 Å². The summed E-state index contributed by atoms with van der Waals surface area (Å²) in [7, 11) is 1.59. The molecule has 2 aliphatic heterocycles. The fourth-order valence-electron chi connectivity index (χ4n) is 3.98. The van der Waals surface area contributed by atoms with Crippen molar-refractivity contribution < 1.29 is 22.6 Å². The van der Waals surface area contributed by atoms with Gasteiger partial charge in [-0.3, -0.25) is 4.99 Å². The van der Waals surface area contributed by atoms with E-state index in [1.165, 1.54) is 12.1 Å². The molecule has 2 aromatic carbocycles. The monoisotopic (exact) mass is 576 g/mol. The molecule has 0 bridgehead atoms. The standard InChI is InChI=1S/C23H27F3N4O2.HI/c1-27-22(29-15-19-12-16-4-2-3-5-21(16)32-19)28-14-17-6-7-18(13-20(17)23(24,25)26)30-8-10-31-11-9-30;/h2-7,13,19H,8-12,14-15H2,1H3,(H2,27,28,29);1H. The molecule has 10 heteroatoms. The minimum absolute atomic E-state index is 0. The molecule has 1 fully saturated rings. The first-order chi connectivity index (χ1) is 15.4. The third-order valence-electron chi connectivity index (χ3n) is 5.66. The Morgan fingerprint density at radius 3 is 2.58 bits per heavy atom. The highest BCUT2D eigenvalue weighted by Gasteiger charge is 2.34. The van der Waals surface area contributed by atoms with Crippen LogP contribution in [0, 0.1) is 0 Å². The number of anilines is 1. The van der Waals surface area contributed by atoms with Gasteiger partial charge in [-0.05, 0) is 29.3 Å². The van der Waals surface area contributed by atoms with Gasteiger partial charge in [0.05, 0.1) is 25.3 Å². The molecule has 0 amide bonds. The van der Waals surface area contributed by atoms with Crippen LogP contribution in [0.5, 0.6) is 5.75 Å². The maximum Gasteiger partial charge on any atom is 0.416 e. The van der Waals surface area contributed by atoms with Crippen molar-refractivity contribution in [3.63, 3.8) is 0 Å². The summed E-state index contributed by atoms with van der Waals surface area (Å²) in [6.07, 6.45) is -3.72. The Kier molecular flexibility index (Phi) is 8.69. The predicted molar refractivity (Wildman–Crippen MR) is 133 cm³/mol. The molecule has 2 N–H and O–H groups in total. The third kappa shape index (κ3) is 6.44. The van der Waals surface area contributed by atoms with Gasteiger partial charge < -0.3 is 25.0 Å². The highest BCUT2D eigenvalue weighted by Crippen LogP contribution is 2.35. The number of nitrogens with one attached hydrogen (secondary N) is 2. The molecule has 1 saturated heterocycles. The van der Waals surface area contributed by atoms with Gasteiger partial charge in [0.25, 0.3) is 0 Å². The average molecular weight is 576 g/mol. The number of benzene rings is 2. The Balaban J connectivity index is 0.00000306. The maximum atomic E-state index is 13.8. The molecular weight excluding hydrogens is 548 g/mol. The van der Waals surface area contributed by atoms with E-state index in [4.69, 9.17) is 9.47 Å². The van der Waals surface area contributed by atoms with Crippen molar-refractivity contribution in [2.24, 2.45) is 4.99 Å². The Bertz CT molecular complexity index is 940. The van der Waals surface area contributed by atoms with Gasteiger partial charge in [0, 0.05) is 38.8 Å². The van der Waals surface area contributed by atoms with Crippen LogP contribution in [0.3, 0.4) is 0 Å². The normalized spacial score (nSPS) is 18.2. The summed E-state index contributed by atoms with van der Waals surface area (Å²) in [6.45, 7) is 2.70. The van der Waals surface area contributed by atoms with Crippen molar-refractivity contribution in [3.8, 4) is 5.75 Å². The second-order valence-corrected chi connectivity index (χ2v) is 7.80. The van der Waals surface area contributed by atoms with Gasteiger partial charge in [0.2, 0.25) is 0 Å². The summed E-state index contributed by atoms with van der Waals surface area (Å²) in [4.78, 5) is 6.04. The first-order valence-corrected chi connectivity index (χ1v) is 10.7. The third-order valence-corrected chi connectivity index (χ3v) is 5.66. The second-order valence-electron chi connectivity index (χ2n) is 7.80. The molecule has 4 rings (SSSR count). The van der Waals surface area contributed by atoms with Crippen LogP contribution in [0.4, 0.5) is 18.9 Å². The van der Waals surface area contributed by atoms with E-state index in [1.807, 2.05) is 29.2 Å². The fraction of sp³-hybridized carbons (Fsp3) is 0.435. The SMILES string of the molecule is CN=C(NCc1ccc(N2CCOCC2)cc1C(F)(F)F)NCC1Cc2ccccc2O1.I. The van der Waals surface area contributed by atoms with Crippen LogP contribution in [0.25, 0.3) is 0 Å². The molecule has 2 aliphatic rings. The van der Waals surface area contributed by atoms with Gasteiger partial charge in [-0.25, -0.2) is 0 Å². The van der Waals surface area contributed by atoms with E-state index in [9.17, 15) is 13.2 Å². The summed E-state index contributed by atoms with van der Waals surface area (Å²) in [5.74, 6) is 1.30. The molecule has 2 heterocycles. The van der Waals surface area contributed by atoms with Gasteiger partial charge in [-0.15, -0.1) is 24.0 Å². The molecule has 0 aliphatic carbocycles. The minimum atomic E-state index is -4.44. The smallest absolute Gasteiger partial charge is 0.416 e. The van der Waals surface area contributed by atoms with Crippen LogP contribution < -0.4 is 20.3 Å². The van der Waals surface area contributed by atoms with Gasteiger partial charge in [-0.1, -0.05) is 24.3 Å². The number of hydrogen-bond donors (Lipinski definition) is 2. The molecule has 2 aromatic rings. The maximum absolute atomic E-state index is 13.8. The molecule has 0 radical (unpaired) electrons. The van der Waals surface area contributed by atoms with Crippen molar-refractivity contribution in [2.45, 2.75) is 25.2 Å². The van der Waals surface area contributed by atoms with Crippen molar-refractivity contribution in [3.05, 3.63) is 59.2 Å². The highest BCUT2D eigenvalue weighted by atomic mass is 127. The van der Waals surface area contributed by atoms with Crippen LogP contribution in [0.15, 0.2) is 47.5 Å². The quantitative estimate of drug-likeness (QED) is 0.322. The second kappa shape index (κ2) is 11.3. The van der Waals surface area contributed by atoms with Gasteiger partial charge in [0.15, 0.2) is 5.96 Å². The minimum Gasteiger partial charge on any atom is -0.488 e. The summed E-state index contributed by atoms with van der Waals surface area (Å²) in [6, 6.07) is 12.4. The number of ether oxygens (including phenoxy) is 2. The van der Waals surface area contributed by atoms with E-state index in [0.717, 1.165) is 17.7 Å². The van der Waals surface area contributed by atoms with Crippen LogP contribution in [-0.4, -0.2) is 52.0 Å². The summed E-state index contributed by atoms with van der Waals surface area (Å²) < 4.78 is 52.4. The van der Waals surface area contributed by atoms with E-state index in [2.05, 4.69) is 15.6 Å². The van der Waals surface area contributed by atoms with Gasteiger partial charge >= 0.3 is 6.18 Å². The fourth-order valence-corrected chi connectivity index (χ4v) is 3.98. The number of alkyl halides is 3. The first-order valence-electron chi connectivity index (χ1n) is 10.7. The molecule has 0 spiro atoms. The van der Waals surface area contributed by atoms with Crippen molar-refractivity contribution in [2.75, 3.05) is 44.8 Å². The highest BCUT2D eigenvalue weighted by molar-refractivity contribution is 14.0. The van der Waals surface area contributed by atoms with Crippen molar-refractivity contribution in [1.82, 2.24) is 10.6 Å². The summed E-state index contributed by atoms with van der Waals surface area (Å²) in [5.41, 5.74) is 1.24. The van der Waals surface area contributed by atoms with E-state index >= 15 is 0 Å². The zero-order chi connectivity index (χ0) is 22.6. The average Bonchev–Trinajstić information content (AvgIpc) is 3.22. The molecule has 1 atom stereocenters. The molecule has 0 aromatic heterocycles. The van der Waals surface area contributed by atoms with E-state index < -0.39 is 11.7 Å². The van der Waals surface area contributed by atoms with Crippen LogP contribution >= 0.6 is 24.0 Å². The van der Waals surface area contributed by atoms with Crippen LogP contribution in [-0.2, 0) is 23.9 Å².